The third kappa shape index (κ3) is 3.45. The molecule has 0 atom stereocenters. The van der Waals surface area contributed by atoms with E-state index in [-0.39, 0.29) is 18.5 Å². The average Bonchev–Trinajstić information content (AvgIpc) is 3.11. The summed E-state index contributed by atoms with van der Waals surface area (Å²) in [6.45, 7) is 1.71. The van der Waals surface area contributed by atoms with E-state index >= 15 is 0 Å². The number of hydrogen-bond acceptors (Lipinski definition) is 3. The summed E-state index contributed by atoms with van der Waals surface area (Å²) in [5, 5.41) is 0. The van der Waals surface area contributed by atoms with Gasteiger partial charge in [-0.1, -0.05) is 12.1 Å². The van der Waals surface area contributed by atoms with Crippen LogP contribution >= 0.6 is 0 Å². The zero-order valence-electron chi connectivity index (χ0n) is 13.9. The van der Waals surface area contributed by atoms with Crippen LogP contribution in [0.2, 0.25) is 0 Å². The second kappa shape index (κ2) is 6.75. The quantitative estimate of drug-likeness (QED) is 0.855. The van der Waals surface area contributed by atoms with Gasteiger partial charge < -0.3 is 14.4 Å². The molecule has 0 bridgehead atoms. The van der Waals surface area contributed by atoms with Crippen LogP contribution in [0.25, 0.3) is 0 Å². The number of amides is 1. The predicted molar refractivity (Wildman–Crippen MR) is 91.3 cm³/mol. The van der Waals surface area contributed by atoms with Crippen LogP contribution in [0, 0.1) is 11.7 Å². The van der Waals surface area contributed by atoms with Crippen LogP contribution < -0.4 is 9.47 Å². The molecule has 2 aliphatic heterocycles. The first kappa shape index (κ1) is 15.9. The number of fused-ring (bicyclic) bond motifs is 1. The minimum absolute atomic E-state index is 0.0403. The summed E-state index contributed by atoms with van der Waals surface area (Å²) in [5.74, 6) is 1.70. The van der Waals surface area contributed by atoms with Gasteiger partial charge in [0.25, 0.3) is 5.91 Å². The van der Waals surface area contributed by atoms with Gasteiger partial charge in [0, 0.05) is 18.7 Å². The molecule has 4 nitrogen and oxygen atoms in total. The fourth-order valence-corrected chi connectivity index (χ4v) is 3.51. The van der Waals surface area contributed by atoms with E-state index in [0.29, 0.717) is 23.0 Å². The highest BCUT2D eigenvalue weighted by molar-refractivity contribution is 5.95. The molecule has 0 saturated carbocycles. The highest BCUT2D eigenvalue weighted by Gasteiger charge is 2.25. The van der Waals surface area contributed by atoms with Gasteiger partial charge in [0.2, 0.25) is 6.79 Å². The first-order valence-corrected chi connectivity index (χ1v) is 8.62. The number of carbonyl (C=O) groups excluding carboxylic acids is 1. The highest BCUT2D eigenvalue weighted by Crippen LogP contribution is 2.33. The maximum absolute atomic E-state index is 13.0. The number of carbonyl (C=O) groups is 1. The van der Waals surface area contributed by atoms with Crippen molar-refractivity contribution in [1.82, 2.24) is 4.90 Å². The maximum Gasteiger partial charge on any atom is 0.253 e. The van der Waals surface area contributed by atoms with Crippen molar-refractivity contribution in [1.29, 1.82) is 0 Å². The summed E-state index contributed by atoms with van der Waals surface area (Å²) in [5.41, 5.74) is 1.79. The summed E-state index contributed by atoms with van der Waals surface area (Å²) in [6, 6.07) is 12.0. The van der Waals surface area contributed by atoms with Gasteiger partial charge in [-0.25, -0.2) is 4.39 Å². The second-order valence-corrected chi connectivity index (χ2v) is 6.63. The predicted octanol–water partition coefficient (Wildman–Crippen LogP) is 3.65. The Kier molecular flexibility index (Phi) is 4.30. The Morgan fingerprint density at radius 1 is 1.04 bits per heavy atom. The van der Waals surface area contributed by atoms with E-state index in [2.05, 4.69) is 0 Å². The Bertz CT molecular complexity index is 767. The normalized spacial score (nSPS) is 16.9. The lowest BCUT2D eigenvalue weighted by atomic mass is 9.90. The molecule has 1 amide bonds. The first-order valence-electron chi connectivity index (χ1n) is 8.62. The van der Waals surface area contributed by atoms with Crippen LogP contribution in [0.3, 0.4) is 0 Å². The van der Waals surface area contributed by atoms with Crippen molar-refractivity contribution in [2.45, 2.75) is 19.3 Å². The monoisotopic (exact) mass is 341 g/mol. The number of likely N-dealkylation sites (tertiary alicyclic amines) is 1. The molecule has 4 rings (SSSR count). The molecule has 0 N–H and O–H groups in total. The number of rotatable bonds is 3. The number of piperidine rings is 1. The lowest BCUT2D eigenvalue weighted by Gasteiger charge is -2.32. The largest absolute Gasteiger partial charge is 0.454 e. The van der Waals surface area contributed by atoms with Gasteiger partial charge in [-0.2, -0.15) is 0 Å². The molecule has 2 aromatic rings. The molecule has 0 spiro atoms. The summed E-state index contributed by atoms with van der Waals surface area (Å²) < 4.78 is 23.6. The van der Waals surface area contributed by atoms with Crippen molar-refractivity contribution in [2.75, 3.05) is 19.9 Å². The second-order valence-electron chi connectivity index (χ2n) is 6.63. The molecule has 130 valence electrons. The summed E-state index contributed by atoms with van der Waals surface area (Å²) in [6.07, 6.45) is 2.87. The van der Waals surface area contributed by atoms with Crippen LogP contribution in [-0.4, -0.2) is 30.7 Å². The number of nitrogens with zero attached hydrogens (tertiary/aromatic N) is 1. The third-order valence-corrected chi connectivity index (χ3v) is 4.96. The van der Waals surface area contributed by atoms with Crippen LogP contribution in [0.5, 0.6) is 11.5 Å². The van der Waals surface area contributed by atoms with Gasteiger partial charge in [0.15, 0.2) is 11.5 Å². The summed E-state index contributed by atoms with van der Waals surface area (Å²) in [4.78, 5) is 14.6. The third-order valence-electron chi connectivity index (χ3n) is 4.96. The van der Waals surface area contributed by atoms with Crippen LogP contribution in [0.15, 0.2) is 42.5 Å². The molecule has 0 aromatic heterocycles. The van der Waals surface area contributed by atoms with Crippen molar-refractivity contribution in [3.8, 4) is 11.5 Å². The standard InChI is InChI=1S/C20H20FNO3/c21-17-4-1-14(2-5-17)11-15-7-9-22(10-8-15)20(23)16-3-6-18-19(12-16)25-13-24-18/h1-6,12,15H,7-11,13H2. The average molecular weight is 341 g/mol. The van der Waals surface area contributed by atoms with E-state index in [4.69, 9.17) is 9.47 Å². The minimum Gasteiger partial charge on any atom is -0.454 e. The van der Waals surface area contributed by atoms with Gasteiger partial charge in [0.1, 0.15) is 5.82 Å². The van der Waals surface area contributed by atoms with Gasteiger partial charge in [-0.05, 0) is 61.1 Å². The topological polar surface area (TPSA) is 38.8 Å². The van der Waals surface area contributed by atoms with E-state index in [1.54, 1.807) is 18.2 Å². The molecule has 0 unspecified atom stereocenters. The highest BCUT2D eigenvalue weighted by atomic mass is 19.1. The van der Waals surface area contributed by atoms with Gasteiger partial charge in [-0.3, -0.25) is 4.79 Å². The van der Waals surface area contributed by atoms with E-state index in [9.17, 15) is 9.18 Å². The van der Waals surface area contributed by atoms with Gasteiger partial charge in [-0.15, -0.1) is 0 Å². The van der Waals surface area contributed by atoms with Crippen molar-refractivity contribution in [2.24, 2.45) is 5.92 Å². The minimum atomic E-state index is -0.201. The number of benzene rings is 2. The molecule has 2 aromatic carbocycles. The smallest absolute Gasteiger partial charge is 0.253 e. The molecule has 2 heterocycles. The summed E-state index contributed by atoms with van der Waals surface area (Å²) >= 11 is 0. The van der Waals surface area contributed by atoms with Crippen molar-refractivity contribution < 1.29 is 18.7 Å². The van der Waals surface area contributed by atoms with E-state index < -0.39 is 0 Å². The van der Waals surface area contributed by atoms with Gasteiger partial charge >= 0.3 is 0 Å². The molecular formula is C20H20FNO3. The summed E-state index contributed by atoms with van der Waals surface area (Å²) in [7, 11) is 0. The Hall–Kier alpha value is -2.56. The Morgan fingerprint density at radius 3 is 2.52 bits per heavy atom. The molecule has 1 saturated heterocycles. The van der Waals surface area contributed by atoms with Gasteiger partial charge in [0.05, 0.1) is 0 Å². The van der Waals surface area contributed by atoms with E-state index in [1.807, 2.05) is 17.0 Å². The SMILES string of the molecule is O=C(c1ccc2c(c1)OCO2)N1CCC(Cc2ccc(F)cc2)CC1. The first-order chi connectivity index (χ1) is 12.2. The van der Waals surface area contributed by atoms with E-state index in [1.165, 1.54) is 12.1 Å². The Morgan fingerprint density at radius 2 is 1.76 bits per heavy atom. The van der Waals surface area contributed by atoms with Crippen LogP contribution in [-0.2, 0) is 6.42 Å². The molecular weight excluding hydrogens is 321 g/mol. The van der Waals surface area contributed by atoms with E-state index in [0.717, 1.165) is 37.9 Å². The maximum atomic E-state index is 13.0. The van der Waals surface area contributed by atoms with Crippen LogP contribution in [0.1, 0.15) is 28.8 Å². The lowest BCUT2D eigenvalue weighted by molar-refractivity contribution is 0.0690. The molecule has 1 fully saturated rings. The zero-order chi connectivity index (χ0) is 17.2. The molecule has 5 heteroatoms. The molecule has 2 aliphatic rings. The number of halogens is 1. The van der Waals surface area contributed by atoms with Crippen molar-refractivity contribution in [3.05, 3.63) is 59.4 Å². The Balaban J connectivity index is 1.35. The van der Waals surface area contributed by atoms with Crippen molar-refractivity contribution in [3.63, 3.8) is 0 Å². The molecule has 0 radical (unpaired) electrons. The molecule has 25 heavy (non-hydrogen) atoms. The number of hydrogen-bond donors (Lipinski definition) is 0. The number of ether oxygens (including phenoxy) is 2. The fraction of sp³-hybridized carbons (Fsp3) is 0.350. The Labute approximate surface area is 146 Å². The van der Waals surface area contributed by atoms with Crippen LogP contribution in [0.4, 0.5) is 4.39 Å². The zero-order valence-corrected chi connectivity index (χ0v) is 13.9. The molecule has 0 aliphatic carbocycles. The van der Waals surface area contributed by atoms with Crippen molar-refractivity contribution >= 4 is 5.91 Å². The lowest BCUT2D eigenvalue weighted by Crippen LogP contribution is -2.38. The fourth-order valence-electron chi connectivity index (χ4n) is 3.51.